The van der Waals surface area contributed by atoms with Crippen molar-refractivity contribution in [3.63, 3.8) is 0 Å². The number of carbonyl (C=O) groups is 1. The van der Waals surface area contributed by atoms with Crippen molar-refractivity contribution in [3.8, 4) is 0 Å². The molecule has 94 valence electrons. The van der Waals surface area contributed by atoms with Crippen LogP contribution in [0.4, 0.5) is 0 Å². The maximum Gasteiger partial charge on any atom is 0.155 e. The second kappa shape index (κ2) is 4.77. The van der Waals surface area contributed by atoms with Gasteiger partial charge < -0.3 is 0 Å². The average Bonchev–Trinajstić information content (AvgIpc) is 2.69. The van der Waals surface area contributed by atoms with Gasteiger partial charge in [-0.2, -0.15) is 0 Å². The fourth-order valence-corrected chi connectivity index (χ4v) is 3.63. The lowest BCUT2D eigenvalue weighted by atomic mass is 9.88. The summed E-state index contributed by atoms with van der Waals surface area (Å²) in [6, 6.07) is 0. The summed E-state index contributed by atoms with van der Waals surface area (Å²) < 4.78 is 2.88. The van der Waals surface area contributed by atoms with E-state index in [4.69, 9.17) is 11.6 Å². The smallest absolute Gasteiger partial charge is 0.155 e. The molecule has 2 heterocycles. The largest absolute Gasteiger partial charge is 0.300 e. The predicted octanol–water partition coefficient (Wildman–Crippen LogP) is 3.21. The first-order valence-corrected chi connectivity index (χ1v) is 7.32. The molecule has 1 fully saturated rings. The molecule has 4 nitrogen and oxygen atoms in total. The fraction of sp³-hybridized carbons (Fsp3) is 0.417. The van der Waals surface area contributed by atoms with Crippen molar-refractivity contribution in [2.24, 2.45) is 0 Å². The summed E-state index contributed by atoms with van der Waals surface area (Å²) in [7, 11) is 0. The van der Waals surface area contributed by atoms with Crippen LogP contribution in [0, 0.1) is 3.70 Å². The maximum absolute atomic E-state index is 11.3. The Bertz CT molecular complexity index is 615. The molecule has 0 radical (unpaired) electrons. The fourth-order valence-electron chi connectivity index (χ4n) is 2.47. The number of rotatable bonds is 1. The number of aromatic nitrogens is 3. The van der Waals surface area contributed by atoms with Gasteiger partial charge in [0, 0.05) is 31.2 Å². The van der Waals surface area contributed by atoms with E-state index in [2.05, 4.69) is 32.6 Å². The molecule has 0 atom stereocenters. The van der Waals surface area contributed by atoms with Crippen LogP contribution in [-0.4, -0.2) is 20.2 Å². The SMILES string of the molecule is O=C1CCC(c2nc(I)c3c(Cl)nccn23)CC1. The normalized spacial score (nSPS) is 17.6. The maximum atomic E-state index is 11.3. The molecule has 1 aliphatic carbocycles. The number of nitrogens with zero attached hydrogens (tertiary/aromatic N) is 3. The van der Waals surface area contributed by atoms with Crippen LogP contribution in [0.5, 0.6) is 0 Å². The molecule has 0 unspecified atom stereocenters. The number of Topliss-reactive ketones (excluding diaryl/α,β-unsaturated/α-hetero) is 1. The van der Waals surface area contributed by atoms with Crippen molar-refractivity contribution < 1.29 is 4.79 Å². The number of ketones is 1. The van der Waals surface area contributed by atoms with Crippen LogP contribution < -0.4 is 0 Å². The van der Waals surface area contributed by atoms with Crippen LogP contribution in [0.1, 0.15) is 37.4 Å². The summed E-state index contributed by atoms with van der Waals surface area (Å²) in [5.74, 6) is 1.71. The molecule has 6 heteroatoms. The molecule has 0 aromatic carbocycles. The highest BCUT2D eigenvalue weighted by atomic mass is 127. The molecule has 0 aliphatic heterocycles. The molecule has 2 aromatic heterocycles. The molecule has 0 saturated heterocycles. The number of imidazole rings is 1. The molecule has 0 N–H and O–H groups in total. The molecule has 0 spiro atoms. The van der Waals surface area contributed by atoms with Crippen LogP contribution in [0.25, 0.3) is 5.52 Å². The van der Waals surface area contributed by atoms with E-state index >= 15 is 0 Å². The van der Waals surface area contributed by atoms with E-state index < -0.39 is 0 Å². The van der Waals surface area contributed by atoms with Crippen LogP contribution >= 0.6 is 34.2 Å². The highest BCUT2D eigenvalue weighted by Gasteiger charge is 2.25. The van der Waals surface area contributed by atoms with E-state index in [1.54, 1.807) is 6.20 Å². The van der Waals surface area contributed by atoms with Gasteiger partial charge in [0.05, 0.1) is 0 Å². The Hall–Kier alpha value is -0.690. The van der Waals surface area contributed by atoms with Gasteiger partial charge in [-0.3, -0.25) is 9.20 Å². The van der Waals surface area contributed by atoms with Gasteiger partial charge in [-0.15, -0.1) is 0 Å². The number of hydrogen-bond donors (Lipinski definition) is 0. The van der Waals surface area contributed by atoms with Gasteiger partial charge in [-0.05, 0) is 35.4 Å². The first kappa shape index (κ1) is 12.3. The Morgan fingerprint density at radius 2 is 2.11 bits per heavy atom. The van der Waals surface area contributed by atoms with Gasteiger partial charge in [0.15, 0.2) is 5.15 Å². The third kappa shape index (κ3) is 2.03. The van der Waals surface area contributed by atoms with Gasteiger partial charge in [-0.25, -0.2) is 9.97 Å². The molecular weight excluding hydrogens is 365 g/mol. The number of fused-ring (bicyclic) bond motifs is 1. The van der Waals surface area contributed by atoms with Crippen molar-refractivity contribution in [2.75, 3.05) is 0 Å². The van der Waals surface area contributed by atoms with Gasteiger partial charge in [0.25, 0.3) is 0 Å². The van der Waals surface area contributed by atoms with E-state index in [-0.39, 0.29) is 0 Å². The van der Waals surface area contributed by atoms with Crippen LogP contribution in [0.2, 0.25) is 5.15 Å². The minimum absolute atomic E-state index is 0.345. The highest BCUT2D eigenvalue weighted by molar-refractivity contribution is 14.1. The molecule has 2 aromatic rings. The number of halogens is 2. The summed E-state index contributed by atoms with van der Waals surface area (Å²) in [6.07, 6.45) is 6.67. The van der Waals surface area contributed by atoms with Crippen molar-refractivity contribution in [1.82, 2.24) is 14.4 Å². The number of hydrogen-bond acceptors (Lipinski definition) is 3. The molecule has 18 heavy (non-hydrogen) atoms. The summed E-state index contributed by atoms with van der Waals surface area (Å²) in [6.45, 7) is 0. The Morgan fingerprint density at radius 3 is 2.83 bits per heavy atom. The van der Waals surface area contributed by atoms with Gasteiger partial charge in [0.2, 0.25) is 0 Å². The highest BCUT2D eigenvalue weighted by Crippen LogP contribution is 2.33. The Morgan fingerprint density at radius 1 is 1.39 bits per heavy atom. The van der Waals surface area contributed by atoms with E-state index in [9.17, 15) is 4.79 Å². The Kier molecular flexibility index (Phi) is 3.27. The van der Waals surface area contributed by atoms with Crippen molar-refractivity contribution in [3.05, 3.63) is 27.1 Å². The van der Waals surface area contributed by atoms with E-state index in [0.717, 1.165) is 27.9 Å². The monoisotopic (exact) mass is 375 g/mol. The van der Waals surface area contributed by atoms with Gasteiger partial charge >= 0.3 is 0 Å². The standard InChI is InChI=1S/C12H11ClIN3O/c13-10-9-11(14)16-12(17(9)6-5-15-10)7-1-3-8(18)4-2-7/h5-7H,1-4H2. The zero-order chi connectivity index (χ0) is 12.7. The van der Waals surface area contributed by atoms with E-state index in [1.807, 2.05) is 10.6 Å². The Labute approximate surface area is 123 Å². The second-order valence-corrected chi connectivity index (χ2v) is 5.89. The zero-order valence-corrected chi connectivity index (χ0v) is 12.5. The third-order valence-electron chi connectivity index (χ3n) is 3.40. The minimum Gasteiger partial charge on any atom is -0.300 e. The average molecular weight is 376 g/mol. The molecule has 1 saturated carbocycles. The van der Waals surface area contributed by atoms with Crippen LogP contribution in [-0.2, 0) is 4.79 Å². The van der Waals surface area contributed by atoms with Crippen LogP contribution in [0.15, 0.2) is 12.4 Å². The van der Waals surface area contributed by atoms with Gasteiger partial charge in [0.1, 0.15) is 20.8 Å². The summed E-state index contributed by atoms with van der Waals surface area (Å²) in [5.41, 5.74) is 0.867. The Balaban J connectivity index is 2.07. The second-order valence-electron chi connectivity index (χ2n) is 4.51. The van der Waals surface area contributed by atoms with Gasteiger partial charge in [-0.1, -0.05) is 11.6 Å². The molecular formula is C12H11ClIN3O. The summed E-state index contributed by atoms with van der Waals surface area (Å²) in [4.78, 5) is 20.0. The minimum atomic E-state index is 0.345. The van der Waals surface area contributed by atoms with Crippen molar-refractivity contribution in [1.29, 1.82) is 0 Å². The van der Waals surface area contributed by atoms with E-state index in [1.165, 1.54) is 0 Å². The van der Waals surface area contributed by atoms with E-state index in [0.29, 0.717) is 29.7 Å². The lowest BCUT2D eigenvalue weighted by Crippen LogP contribution is -2.14. The molecule has 0 bridgehead atoms. The van der Waals surface area contributed by atoms with Crippen molar-refractivity contribution in [2.45, 2.75) is 31.6 Å². The first-order valence-electron chi connectivity index (χ1n) is 5.86. The number of carbonyl (C=O) groups excluding carboxylic acids is 1. The molecule has 0 amide bonds. The summed E-state index contributed by atoms with van der Waals surface area (Å²) >= 11 is 8.29. The predicted molar refractivity (Wildman–Crippen MR) is 76.9 cm³/mol. The molecule has 1 aliphatic rings. The topological polar surface area (TPSA) is 47.3 Å². The van der Waals surface area contributed by atoms with Crippen molar-refractivity contribution >= 4 is 45.5 Å². The summed E-state index contributed by atoms with van der Waals surface area (Å²) in [5, 5.41) is 0.479. The quantitative estimate of drug-likeness (QED) is 0.719. The lowest BCUT2D eigenvalue weighted by Gasteiger charge is -2.19. The third-order valence-corrected chi connectivity index (χ3v) is 4.43. The molecule has 3 rings (SSSR count). The first-order chi connectivity index (χ1) is 8.66. The van der Waals surface area contributed by atoms with Crippen LogP contribution in [0.3, 0.4) is 0 Å². The lowest BCUT2D eigenvalue weighted by molar-refractivity contribution is -0.120. The zero-order valence-electron chi connectivity index (χ0n) is 9.57.